The van der Waals surface area contributed by atoms with Crippen molar-refractivity contribution in [2.24, 2.45) is 0 Å². The first kappa shape index (κ1) is 20.8. The van der Waals surface area contributed by atoms with Crippen molar-refractivity contribution in [1.29, 1.82) is 0 Å². The van der Waals surface area contributed by atoms with Crippen LogP contribution in [0.25, 0.3) is 11.6 Å². The van der Waals surface area contributed by atoms with E-state index >= 15 is 0 Å². The molecular weight excluding hydrogens is 422 g/mol. The first-order valence-corrected chi connectivity index (χ1v) is 10.1. The highest BCUT2D eigenvalue weighted by Crippen LogP contribution is 2.30. The van der Waals surface area contributed by atoms with E-state index in [0.29, 0.717) is 62.0 Å². The molecule has 1 amide bonds. The molecule has 0 aliphatic carbocycles. The van der Waals surface area contributed by atoms with Crippen molar-refractivity contribution in [3.63, 3.8) is 0 Å². The predicted molar refractivity (Wildman–Crippen MR) is 112 cm³/mol. The topological polar surface area (TPSA) is 124 Å². The fraction of sp³-hybridized carbons (Fsp3) is 0.350. The van der Waals surface area contributed by atoms with Gasteiger partial charge in [0.2, 0.25) is 11.6 Å². The number of unbranched alkanes of at least 4 members (excludes halogenated alkanes) is 1. The van der Waals surface area contributed by atoms with E-state index in [4.69, 9.17) is 22.5 Å². The molecular formula is C20H20ClN7O3. The summed E-state index contributed by atoms with van der Waals surface area (Å²) in [7, 11) is 0. The van der Waals surface area contributed by atoms with Gasteiger partial charge >= 0.3 is 0 Å². The van der Waals surface area contributed by atoms with Crippen LogP contribution in [0.5, 0.6) is 0 Å². The van der Waals surface area contributed by atoms with Gasteiger partial charge in [-0.3, -0.25) is 14.7 Å². The molecule has 4 rings (SSSR count). The first-order valence-electron chi connectivity index (χ1n) is 9.77. The Bertz CT molecular complexity index is 1090. The molecule has 1 aliphatic heterocycles. The smallest absolute Gasteiger partial charge is 0.277 e. The maximum atomic E-state index is 12.8. The standard InChI is InChI=1S/C20H20ClN7O3/c1-2-3-11-27-16-15(24-19(21)25-16)18(29)28(20(27)30)12-7-5-9-14-23-17(31-26-14)13-8-4-6-10-22-13/h1,4,6,8,10,20,30H,3,5,7,9,11-12H2,(H,24,25). The molecule has 11 heteroatoms. The highest BCUT2D eigenvalue weighted by atomic mass is 35.5. The van der Waals surface area contributed by atoms with Crippen molar-refractivity contribution in [2.45, 2.75) is 32.0 Å². The summed E-state index contributed by atoms with van der Waals surface area (Å²) in [5.41, 5.74) is 0.856. The third kappa shape index (κ3) is 4.38. The average molecular weight is 442 g/mol. The number of halogens is 1. The van der Waals surface area contributed by atoms with E-state index in [0.717, 1.165) is 0 Å². The molecule has 0 saturated carbocycles. The van der Waals surface area contributed by atoms with Crippen LogP contribution in [0.4, 0.5) is 5.82 Å². The minimum absolute atomic E-state index is 0.0823. The summed E-state index contributed by atoms with van der Waals surface area (Å²) in [6.45, 7) is 0.669. The van der Waals surface area contributed by atoms with E-state index < -0.39 is 6.35 Å². The third-order valence-electron chi connectivity index (χ3n) is 4.86. The molecule has 4 heterocycles. The van der Waals surface area contributed by atoms with E-state index in [1.54, 1.807) is 17.2 Å². The predicted octanol–water partition coefficient (Wildman–Crippen LogP) is 2.09. The fourth-order valence-electron chi connectivity index (χ4n) is 3.36. The molecule has 1 unspecified atom stereocenters. The van der Waals surface area contributed by atoms with Crippen LogP contribution in [0.2, 0.25) is 5.28 Å². The number of nitrogens with zero attached hydrogens (tertiary/aromatic N) is 6. The number of carbonyl (C=O) groups excluding carboxylic acids is 1. The van der Waals surface area contributed by atoms with E-state index in [2.05, 4.69) is 31.0 Å². The Labute approximate surface area is 183 Å². The van der Waals surface area contributed by atoms with Crippen LogP contribution >= 0.6 is 11.6 Å². The molecule has 0 bridgehead atoms. The van der Waals surface area contributed by atoms with Gasteiger partial charge in [-0.15, -0.1) is 12.3 Å². The highest BCUT2D eigenvalue weighted by molar-refractivity contribution is 6.28. The lowest BCUT2D eigenvalue weighted by molar-refractivity contribution is 0.000387. The number of carbonyl (C=O) groups is 1. The Morgan fingerprint density at radius 2 is 2.13 bits per heavy atom. The van der Waals surface area contributed by atoms with Gasteiger partial charge in [0.15, 0.2) is 11.6 Å². The van der Waals surface area contributed by atoms with Gasteiger partial charge < -0.3 is 19.5 Å². The van der Waals surface area contributed by atoms with E-state index in [9.17, 15) is 9.90 Å². The first-order chi connectivity index (χ1) is 15.1. The van der Waals surface area contributed by atoms with Gasteiger partial charge in [-0.2, -0.15) is 9.97 Å². The second kappa shape index (κ2) is 9.16. The molecule has 0 saturated heterocycles. The number of aromatic amines is 1. The van der Waals surface area contributed by atoms with Crippen molar-refractivity contribution < 1.29 is 14.4 Å². The van der Waals surface area contributed by atoms with Gasteiger partial charge in [-0.1, -0.05) is 11.2 Å². The lowest BCUT2D eigenvalue weighted by atomic mass is 10.2. The summed E-state index contributed by atoms with van der Waals surface area (Å²) in [4.78, 5) is 31.1. The van der Waals surface area contributed by atoms with Crippen molar-refractivity contribution >= 4 is 23.3 Å². The number of anilines is 1. The van der Waals surface area contributed by atoms with E-state index in [-0.39, 0.29) is 16.9 Å². The van der Waals surface area contributed by atoms with Crippen LogP contribution in [0.15, 0.2) is 28.9 Å². The van der Waals surface area contributed by atoms with Gasteiger partial charge in [0, 0.05) is 32.1 Å². The second-order valence-corrected chi connectivity index (χ2v) is 7.26. The summed E-state index contributed by atoms with van der Waals surface area (Å²) in [5, 5.41) is 14.8. The Kier molecular flexibility index (Phi) is 6.16. The molecule has 10 nitrogen and oxygen atoms in total. The van der Waals surface area contributed by atoms with Crippen LogP contribution in [0.1, 0.15) is 35.6 Å². The molecule has 2 N–H and O–H groups in total. The molecule has 1 aliphatic rings. The monoisotopic (exact) mass is 441 g/mol. The zero-order chi connectivity index (χ0) is 21.8. The molecule has 1 atom stereocenters. The molecule has 3 aromatic rings. The summed E-state index contributed by atoms with van der Waals surface area (Å²) < 4.78 is 5.25. The van der Waals surface area contributed by atoms with Crippen molar-refractivity contribution in [3.05, 3.63) is 41.2 Å². The number of amides is 1. The zero-order valence-electron chi connectivity index (χ0n) is 16.5. The summed E-state index contributed by atoms with van der Waals surface area (Å²) in [5.74, 6) is 3.40. The number of pyridine rings is 1. The van der Waals surface area contributed by atoms with Crippen LogP contribution in [-0.2, 0) is 6.42 Å². The van der Waals surface area contributed by atoms with E-state index in [1.165, 1.54) is 4.90 Å². The third-order valence-corrected chi connectivity index (χ3v) is 5.04. The van der Waals surface area contributed by atoms with Gasteiger partial charge in [0.25, 0.3) is 11.8 Å². The molecule has 0 aromatic carbocycles. The Morgan fingerprint density at radius 3 is 2.90 bits per heavy atom. The van der Waals surface area contributed by atoms with Crippen molar-refractivity contribution in [1.82, 2.24) is 30.0 Å². The second-order valence-electron chi connectivity index (χ2n) is 6.91. The average Bonchev–Trinajstić information content (AvgIpc) is 3.40. The van der Waals surface area contributed by atoms with Gasteiger partial charge in [0.05, 0.1) is 0 Å². The molecule has 160 valence electrons. The van der Waals surface area contributed by atoms with Gasteiger partial charge in [0.1, 0.15) is 11.4 Å². The number of aryl methyl sites for hydroxylation is 1. The van der Waals surface area contributed by atoms with Gasteiger partial charge in [-0.25, -0.2) is 0 Å². The lowest BCUT2D eigenvalue weighted by Gasteiger charge is -2.40. The number of imidazole rings is 1. The molecule has 0 radical (unpaired) electrons. The van der Waals surface area contributed by atoms with Gasteiger partial charge in [-0.05, 0) is 36.6 Å². The molecule has 0 spiro atoms. The normalized spacial score (nSPS) is 15.8. The lowest BCUT2D eigenvalue weighted by Crippen LogP contribution is -2.56. The molecule has 31 heavy (non-hydrogen) atoms. The Balaban J connectivity index is 1.36. The number of H-pyrrole nitrogens is 1. The number of terminal acetylenes is 1. The zero-order valence-corrected chi connectivity index (χ0v) is 17.3. The number of fused-ring (bicyclic) bond motifs is 1. The summed E-state index contributed by atoms with van der Waals surface area (Å²) in [6.07, 6.45) is 8.11. The minimum atomic E-state index is -1.17. The molecule has 3 aromatic heterocycles. The number of hydrogen-bond acceptors (Lipinski definition) is 8. The maximum Gasteiger partial charge on any atom is 0.277 e. The van der Waals surface area contributed by atoms with Crippen molar-refractivity contribution in [2.75, 3.05) is 18.0 Å². The number of hydrogen-bond donors (Lipinski definition) is 2. The Morgan fingerprint density at radius 1 is 1.26 bits per heavy atom. The number of aliphatic hydroxyl groups is 1. The minimum Gasteiger partial charge on any atom is -0.356 e. The summed E-state index contributed by atoms with van der Waals surface area (Å²) in [6, 6.07) is 5.45. The summed E-state index contributed by atoms with van der Waals surface area (Å²) >= 11 is 5.94. The molecule has 0 fully saturated rings. The number of aromatic nitrogens is 5. The number of rotatable bonds is 8. The van der Waals surface area contributed by atoms with Crippen LogP contribution in [-0.4, -0.2) is 60.4 Å². The van der Waals surface area contributed by atoms with Crippen LogP contribution in [0, 0.1) is 12.3 Å². The van der Waals surface area contributed by atoms with E-state index in [1.807, 2.05) is 12.1 Å². The quantitative estimate of drug-likeness (QED) is 0.402. The van der Waals surface area contributed by atoms with Crippen molar-refractivity contribution in [3.8, 4) is 23.9 Å². The fourth-order valence-corrected chi connectivity index (χ4v) is 3.53. The Hall–Kier alpha value is -3.42. The number of aliphatic hydroxyl groups excluding tert-OH is 1. The number of nitrogens with one attached hydrogen (secondary N) is 1. The SMILES string of the molecule is C#CCCN1c2nc(Cl)[nH]c2C(=O)N(CCCCc2noc(-c3ccccn3)n2)C1O. The maximum absolute atomic E-state index is 12.8. The van der Waals surface area contributed by atoms with Crippen LogP contribution < -0.4 is 4.90 Å². The highest BCUT2D eigenvalue weighted by Gasteiger charge is 2.38. The van der Waals surface area contributed by atoms with Crippen LogP contribution in [0.3, 0.4) is 0 Å². The largest absolute Gasteiger partial charge is 0.356 e.